The molecule has 0 radical (unpaired) electrons. The second-order valence-electron chi connectivity index (χ2n) is 5.38. The molecule has 1 aliphatic rings. The Morgan fingerprint density at radius 1 is 1.45 bits per heavy atom. The summed E-state index contributed by atoms with van der Waals surface area (Å²) >= 11 is 0. The molecule has 2 N–H and O–H groups in total. The van der Waals surface area contributed by atoms with E-state index in [4.69, 9.17) is 5.73 Å². The number of hydrogen-bond acceptors (Lipinski definition) is 3. The van der Waals surface area contributed by atoms with Gasteiger partial charge in [0.05, 0.1) is 11.6 Å². The number of hydrogen-bond donors (Lipinski definition) is 1. The maximum absolute atomic E-state index is 12.5. The van der Waals surface area contributed by atoms with E-state index in [0.29, 0.717) is 13.1 Å². The summed E-state index contributed by atoms with van der Waals surface area (Å²) in [5.41, 5.74) is 6.59. The Morgan fingerprint density at radius 3 is 2.50 bits per heavy atom. The molecule has 7 heteroatoms. The molecule has 1 aromatic heterocycles. The third-order valence-corrected chi connectivity index (χ3v) is 3.93. The summed E-state index contributed by atoms with van der Waals surface area (Å²) in [6.45, 7) is 1.07. The molecule has 5 nitrogen and oxygen atoms in total. The predicted molar refractivity (Wildman–Crippen MR) is 84.1 cm³/mol. The maximum atomic E-state index is 12.5. The molecule has 20 heavy (non-hydrogen) atoms. The van der Waals surface area contributed by atoms with Crippen LogP contribution in [0.1, 0.15) is 31.2 Å². The lowest BCUT2D eigenvalue weighted by atomic mass is 9.84. The minimum atomic E-state index is -0.309. The summed E-state index contributed by atoms with van der Waals surface area (Å²) in [6, 6.07) is 0. The molecule has 1 aliphatic carbocycles. The molecule has 116 valence electrons. The van der Waals surface area contributed by atoms with Crippen molar-refractivity contribution in [3.63, 3.8) is 0 Å². The number of carbonyl (C=O) groups excluding carboxylic acids is 1. The number of amides is 1. The predicted octanol–water partition coefficient (Wildman–Crippen LogP) is 1.74. The highest BCUT2D eigenvalue weighted by atomic mass is 35.5. The number of aromatic nitrogens is 2. The van der Waals surface area contributed by atoms with Crippen LogP contribution in [-0.2, 0) is 18.4 Å². The molecule has 0 aliphatic heterocycles. The fourth-order valence-electron chi connectivity index (χ4n) is 2.86. The number of aryl methyl sites for hydroxylation is 1. The van der Waals surface area contributed by atoms with E-state index in [0.717, 1.165) is 31.2 Å². The first-order valence-electron chi connectivity index (χ1n) is 6.50. The van der Waals surface area contributed by atoms with Gasteiger partial charge in [-0.25, -0.2) is 0 Å². The summed E-state index contributed by atoms with van der Waals surface area (Å²) in [5.74, 6) is 0.186. The molecule has 1 aromatic rings. The molecule has 1 heterocycles. The third kappa shape index (κ3) is 3.87. The standard InChI is InChI=1S/C13H22N4O.2ClH/c1-16(8-11-7-15-17(2)9-11)12(18)13(10-14)5-3-4-6-13;;/h7,9H,3-6,8,10,14H2,1-2H3;2*1H. The smallest absolute Gasteiger partial charge is 0.230 e. The zero-order chi connectivity index (χ0) is 13.2. The van der Waals surface area contributed by atoms with Gasteiger partial charge in [-0.2, -0.15) is 5.10 Å². The van der Waals surface area contributed by atoms with E-state index in [2.05, 4.69) is 5.10 Å². The van der Waals surface area contributed by atoms with E-state index < -0.39 is 0 Å². The van der Waals surface area contributed by atoms with Crippen molar-refractivity contribution >= 4 is 30.7 Å². The molecule has 0 saturated heterocycles. The van der Waals surface area contributed by atoms with Crippen LogP contribution in [0.5, 0.6) is 0 Å². The molecule has 0 aromatic carbocycles. The van der Waals surface area contributed by atoms with Crippen molar-refractivity contribution in [3.05, 3.63) is 18.0 Å². The summed E-state index contributed by atoms with van der Waals surface area (Å²) in [7, 11) is 3.73. The Morgan fingerprint density at radius 2 is 2.05 bits per heavy atom. The second kappa shape index (κ2) is 7.86. The Kier molecular flexibility index (Phi) is 7.55. The Hall–Kier alpha value is -0.780. The van der Waals surface area contributed by atoms with Crippen molar-refractivity contribution in [2.75, 3.05) is 13.6 Å². The van der Waals surface area contributed by atoms with Gasteiger partial charge in [0.25, 0.3) is 0 Å². The summed E-state index contributed by atoms with van der Waals surface area (Å²) in [5, 5.41) is 4.12. The topological polar surface area (TPSA) is 64.2 Å². The van der Waals surface area contributed by atoms with Crippen molar-refractivity contribution in [3.8, 4) is 0 Å². The summed E-state index contributed by atoms with van der Waals surface area (Å²) in [6.07, 6.45) is 7.83. The monoisotopic (exact) mass is 322 g/mol. The molecule has 1 saturated carbocycles. The van der Waals surface area contributed by atoms with E-state index in [1.807, 2.05) is 20.3 Å². The minimum absolute atomic E-state index is 0. The number of carbonyl (C=O) groups is 1. The van der Waals surface area contributed by atoms with Gasteiger partial charge in [0.2, 0.25) is 5.91 Å². The summed E-state index contributed by atoms with van der Waals surface area (Å²) < 4.78 is 1.75. The molecule has 1 amide bonds. The zero-order valence-electron chi connectivity index (χ0n) is 12.0. The highest BCUT2D eigenvalue weighted by Crippen LogP contribution is 2.38. The van der Waals surface area contributed by atoms with Gasteiger partial charge in [-0.05, 0) is 12.8 Å². The van der Waals surface area contributed by atoms with Crippen LogP contribution in [0.25, 0.3) is 0 Å². The lowest BCUT2D eigenvalue weighted by Crippen LogP contribution is -2.44. The van der Waals surface area contributed by atoms with E-state index >= 15 is 0 Å². The van der Waals surface area contributed by atoms with Crippen molar-refractivity contribution in [2.45, 2.75) is 32.2 Å². The third-order valence-electron chi connectivity index (χ3n) is 3.93. The molecule has 0 unspecified atom stereocenters. The van der Waals surface area contributed by atoms with Gasteiger partial charge in [0.15, 0.2) is 0 Å². The van der Waals surface area contributed by atoms with Gasteiger partial charge in [-0.3, -0.25) is 9.48 Å². The highest BCUT2D eigenvalue weighted by molar-refractivity contribution is 5.85. The first kappa shape index (κ1) is 19.2. The number of nitrogens with two attached hydrogens (primary N) is 1. The van der Waals surface area contributed by atoms with Gasteiger partial charge in [-0.1, -0.05) is 12.8 Å². The van der Waals surface area contributed by atoms with Crippen molar-refractivity contribution in [1.29, 1.82) is 0 Å². The van der Waals surface area contributed by atoms with E-state index in [1.54, 1.807) is 15.8 Å². The molecule has 0 bridgehead atoms. The fraction of sp³-hybridized carbons (Fsp3) is 0.692. The SMILES string of the molecule is CN(Cc1cnn(C)c1)C(=O)C1(CN)CCCC1.Cl.Cl. The Labute approximate surface area is 132 Å². The summed E-state index contributed by atoms with van der Waals surface area (Å²) in [4.78, 5) is 14.3. The molecule has 1 fully saturated rings. The zero-order valence-corrected chi connectivity index (χ0v) is 13.7. The van der Waals surface area contributed by atoms with Gasteiger partial charge >= 0.3 is 0 Å². The van der Waals surface area contributed by atoms with Gasteiger partial charge in [0, 0.05) is 38.9 Å². The fourth-order valence-corrected chi connectivity index (χ4v) is 2.86. The van der Waals surface area contributed by atoms with Crippen molar-refractivity contribution < 1.29 is 4.79 Å². The van der Waals surface area contributed by atoms with Crippen LogP contribution in [0, 0.1) is 5.41 Å². The molecular weight excluding hydrogens is 299 g/mol. The Bertz CT molecular complexity index is 430. The molecular formula is C13H24Cl2N4O. The quantitative estimate of drug-likeness (QED) is 0.918. The lowest BCUT2D eigenvalue weighted by Gasteiger charge is -2.31. The lowest BCUT2D eigenvalue weighted by molar-refractivity contribution is -0.140. The molecule has 0 spiro atoms. The van der Waals surface area contributed by atoms with Gasteiger partial charge in [-0.15, -0.1) is 24.8 Å². The van der Waals surface area contributed by atoms with Crippen LogP contribution in [0.15, 0.2) is 12.4 Å². The average molecular weight is 323 g/mol. The molecule has 0 atom stereocenters. The van der Waals surface area contributed by atoms with Gasteiger partial charge in [0.1, 0.15) is 0 Å². The number of halogens is 2. The number of rotatable bonds is 4. The average Bonchev–Trinajstić information content (AvgIpc) is 2.98. The number of nitrogens with zero attached hydrogens (tertiary/aromatic N) is 3. The first-order valence-corrected chi connectivity index (χ1v) is 6.50. The van der Waals surface area contributed by atoms with Crippen LogP contribution in [0.4, 0.5) is 0 Å². The Balaban J connectivity index is 0.00000180. The second-order valence-corrected chi connectivity index (χ2v) is 5.38. The van der Waals surface area contributed by atoms with Crippen LogP contribution in [-0.4, -0.2) is 34.2 Å². The van der Waals surface area contributed by atoms with Crippen molar-refractivity contribution in [2.24, 2.45) is 18.2 Å². The van der Waals surface area contributed by atoms with E-state index in [-0.39, 0.29) is 36.1 Å². The maximum Gasteiger partial charge on any atom is 0.230 e. The van der Waals surface area contributed by atoms with E-state index in [1.165, 1.54) is 0 Å². The minimum Gasteiger partial charge on any atom is -0.341 e. The van der Waals surface area contributed by atoms with Crippen LogP contribution >= 0.6 is 24.8 Å². The van der Waals surface area contributed by atoms with Crippen LogP contribution in [0.2, 0.25) is 0 Å². The largest absolute Gasteiger partial charge is 0.341 e. The van der Waals surface area contributed by atoms with Gasteiger partial charge < -0.3 is 10.6 Å². The highest BCUT2D eigenvalue weighted by Gasteiger charge is 2.41. The van der Waals surface area contributed by atoms with E-state index in [9.17, 15) is 4.79 Å². The van der Waals surface area contributed by atoms with Crippen LogP contribution in [0.3, 0.4) is 0 Å². The normalized spacial score (nSPS) is 16.1. The van der Waals surface area contributed by atoms with Crippen LogP contribution < -0.4 is 5.73 Å². The first-order chi connectivity index (χ1) is 8.57. The molecule has 2 rings (SSSR count). The van der Waals surface area contributed by atoms with Crippen molar-refractivity contribution in [1.82, 2.24) is 14.7 Å².